The van der Waals surface area contributed by atoms with Gasteiger partial charge in [-0.3, -0.25) is 0 Å². The molecule has 0 aliphatic heterocycles. The summed E-state index contributed by atoms with van der Waals surface area (Å²) in [7, 11) is 0. The van der Waals surface area contributed by atoms with Crippen molar-refractivity contribution in [3.05, 3.63) is 70.3 Å². The highest BCUT2D eigenvalue weighted by molar-refractivity contribution is 5.42. The molecule has 0 bridgehead atoms. The molecule has 2 aromatic rings. The highest BCUT2D eigenvalue weighted by Gasteiger charge is 2.37. The van der Waals surface area contributed by atoms with Gasteiger partial charge < -0.3 is 5.11 Å². The molecule has 1 heteroatoms. The molecule has 2 aliphatic rings. The second-order valence-electron chi connectivity index (χ2n) is 6.43. The Hall–Kier alpha value is -1.60. The van der Waals surface area contributed by atoms with Crippen molar-refractivity contribution in [2.24, 2.45) is 5.92 Å². The van der Waals surface area contributed by atoms with Crippen LogP contribution >= 0.6 is 0 Å². The number of aryl methyl sites for hydroxylation is 1. The highest BCUT2D eigenvalue weighted by Crippen LogP contribution is 2.47. The molecule has 0 spiro atoms. The number of hydrogen-bond acceptors (Lipinski definition) is 1. The smallest absolute Gasteiger partial charge is 0.0795 e. The van der Waals surface area contributed by atoms with E-state index in [9.17, 15) is 5.11 Å². The Bertz CT molecular complexity index is 659. The lowest BCUT2D eigenvalue weighted by Gasteiger charge is -2.40. The molecule has 2 aromatic carbocycles. The highest BCUT2D eigenvalue weighted by atomic mass is 16.3. The van der Waals surface area contributed by atoms with Crippen LogP contribution in [0.2, 0.25) is 0 Å². The molecule has 1 N–H and O–H groups in total. The maximum absolute atomic E-state index is 10.5. The van der Waals surface area contributed by atoms with Crippen molar-refractivity contribution in [3.8, 4) is 0 Å². The Morgan fingerprint density at radius 2 is 1.70 bits per heavy atom. The zero-order valence-electron chi connectivity index (χ0n) is 11.8. The molecule has 0 saturated heterocycles. The zero-order chi connectivity index (χ0) is 13.7. The van der Waals surface area contributed by atoms with E-state index in [1.165, 1.54) is 27.8 Å². The molecule has 0 aromatic heterocycles. The third-order valence-electron chi connectivity index (χ3n) is 5.14. The second kappa shape index (κ2) is 4.46. The molecule has 1 nitrogen and oxygen atoms in total. The van der Waals surface area contributed by atoms with Crippen LogP contribution in [0.15, 0.2) is 42.5 Å². The van der Waals surface area contributed by atoms with Crippen LogP contribution in [-0.4, -0.2) is 5.11 Å². The van der Waals surface area contributed by atoms with E-state index in [1.54, 1.807) is 0 Å². The van der Waals surface area contributed by atoms with Crippen LogP contribution in [0.3, 0.4) is 0 Å². The molecule has 0 saturated carbocycles. The van der Waals surface area contributed by atoms with Gasteiger partial charge in [0.15, 0.2) is 0 Å². The fourth-order valence-corrected chi connectivity index (χ4v) is 4.13. The fraction of sp³-hybridized carbons (Fsp3) is 0.368. The zero-order valence-corrected chi connectivity index (χ0v) is 11.8. The van der Waals surface area contributed by atoms with Crippen LogP contribution in [0.5, 0.6) is 0 Å². The van der Waals surface area contributed by atoms with E-state index in [4.69, 9.17) is 0 Å². The first-order valence-corrected chi connectivity index (χ1v) is 7.57. The number of hydrogen-bond donors (Lipinski definition) is 1. The van der Waals surface area contributed by atoms with Gasteiger partial charge in [-0.15, -0.1) is 0 Å². The topological polar surface area (TPSA) is 20.2 Å². The van der Waals surface area contributed by atoms with Crippen molar-refractivity contribution in [3.63, 3.8) is 0 Å². The second-order valence-corrected chi connectivity index (χ2v) is 6.43. The first-order valence-electron chi connectivity index (χ1n) is 7.57. The van der Waals surface area contributed by atoms with Gasteiger partial charge in [-0.05, 0) is 60.3 Å². The van der Waals surface area contributed by atoms with Gasteiger partial charge in [0.05, 0.1) is 6.10 Å². The summed E-state index contributed by atoms with van der Waals surface area (Å²) in [6.45, 7) is 2.11. The maximum atomic E-state index is 10.5. The van der Waals surface area contributed by atoms with E-state index in [0.717, 1.165) is 19.3 Å². The van der Waals surface area contributed by atoms with Crippen molar-refractivity contribution < 1.29 is 5.11 Å². The summed E-state index contributed by atoms with van der Waals surface area (Å²) < 4.78 is 0. The molecule has 2 aliphatic carbocycles. The van der Waals surface area contributed by atoms with Crippen LogP contribution in [0.1, 0.15) is 46.3 Å². The lowest BCUT2D eigenvalue weighted by molar-refractivity contribution is 0.117. The molecule has 0 amide bonds. The third-order valence-corrected chi connectivity index (χ3v) is 5.14. The largest absolute Gasteiger partial charge is 0.388 e. The Morgan fingerprint density at radius 1 is 0.950 bits per heavy atom. The average molecular weight is 264 g/mol. The molecular weight excluding hydrogens is 244 g/mol. The van der Waals surface area contributed by atoms with Gasteiger partial charge in [0, 0.05) is 0 Å². The van der Waals surface area contributed by atoms with Gasteiger partial charge in [0.1, 0.15) is 0 Å². The van der Waals surface area contributed by atoms with Gasteiger partial charge in [-0.2, -0.15) is 0 Å². The summed E-state index contributed by atoms with van der Waals surface area (Å²) in [4.78, 5) is 0. The molecule has 3 unspecified atom stereocenters. The number of aliphatic hydroxyl groups is 1. The molecule has 102 valence electrons. The normalized spacial score (nSPS) is 27.4. The standard InChI is InChI=1S/C19H20O/c1-12-6-7-16-17-10-14-5-3-2-4-13(14)9-15(17)11-19(20)18(16)8-12/h2-8,15,17,19-20H,9-11H2,1H3. The molecule has 20 heavy (non-hydrogen) atoms. The van der Waals surface area contributed by atoms with Crippen molar-refractivity contribution in [2.45, 2.75) is 38.2 Å². The lowest BCUT2D eigenvalue weighted by Crippen LogP contribution is -2.30. The number of aliphatic hydroxyl groups excluding tert-OH is 1. The third kappa shape index (κ3) is 1.81. The number of rotatable bonds is 0. The van der Waals surface area contributed by atoms with Crippen LogP contribution < -0.4 is 0 Å². The van der Waals surface area contributed by atoms with Crippen LogP contribution in [0.4, 0.5) is 0 Å². The fourth-order valence-electron chi connectivity index (χ4n) is 4.13. The summed E-state index contributed by atoms with van der Waals surface area (Å²) in [6, 6.07) is 15.4. The minimum Gasteiger partial charge on any atom is -0.388 e. The number of benzene rings is 2. The predicted octanol–water partition coefficient (Wildman–Crippen LogP) is 3.93. The van der Waals surface area contributed by atoms with Gasteiger partial charge in [0.25, 0.3) is 0 Å². The Morgan fingerprint density at radius 3 is 2.50 bits per heavy atom. The van der Waals surface area contributed by atoms with Gasteiger partial charge >= 0.3 is 0 Å². The molecular formula is C19H20O. The minimum atomic E-state index is -0.281. The van der Waals surface area contributed by atoms with Crippen LogP contribution in [0, 0.1) is 12.8 Å². The monoisotopic (exact) mass is 264 g/mol. The van der Waals surface area contributed by atoms with Gasteiger partial charge in [-0.25, -0.2) is 0 Å². The van der Waals surface area contributed by atoms with E-state index in [-0.39, 0.29) is 6.10 Å². The number of fused-ring (bicyclic) bond motifs is 4. The molecule has 0 heterocycles. The van der Waals surface area contributed by atoms with Crippen molar-refractivity contribution in [2.75, 3.05) is 0 Å². The molecule has 3 atom stereocenters. The summed E-state index contributed by atoms with van der Waals surface area (Å²) >= 11 is 0. The maximum Gasteiger partial charge on any atom is 0.0795 e. The van der Waals surface area contributed by atoms with Crippen molar-refractivity contribution >= 4 is 0 Å². The van der Waals surface area contributed by atoms with Gasteiger partial charge in [-0.1, -0.05) is 48.0 Å². The van der Waals surface area contributed by atoms with E-state index in [0.29, 0.717) is 11.8 Å². The quantitative estimate of drug-likeness (QED) is 0.764. The van der Waals surface area contributed by atoms with Crippen molar-refractivity contribution in [1.29, 1.82) is 0 Å². The molecule has 0 radical (unpaired) electrons. The Balaban J connectivity index is 1.80. The van der Waals surface area contributed by atoms with Gasteiger partial charge in [0.2, 0.25) is 0 Å². The first kappa shape index (κ1) is 12.2. The average Bonchev–Trinajstić information content (AvgIpc) is 2.46. The summed E-state index contributed by atoms with van der Waals surface area (Å²) in [5, 5.41) is 10.5. The van der Waals surface area contributed by atoms with E-state index < -0.39 is 0 Å². The minimum absolute atomic E-state index is 0.281. The van der Waals surface area contributed by atoms with E-state index in [1.807, 2.05) is 0 Å². The first-order chi connectivity index (χ1) is 9.72. The summed E-state index contributed by atoms with van der Waals surface area (Å²) in [5.74, 6) is 1.18. The van der Waals surface area contributed by atoms with Crippen molar-refractivity contribution in [1.82, 2.24) is 0 Å². The van der Waals surface area contributed by atoms with Crippen LogP contribution in [-0.2, 0) is 12.8 Å². The van der Waals surface area contributed by atoms with Crippen LogP contribution in [0.25, 0.3) is 0 Å². The summed E-state index contributed by atoms with van der Waals surface area (Å²) in [5.41, 5.74) is 6.78. The SMILES string of the molecule is Cc1ccc2c(c1)C(O)CC1Cc3ccccc3CC21. The lowest BCUT2D eigenvalue weighted by atomic mass is 9.65. The Labute approximate surface area is 120 Å². The van der Waals surface area contributed by atoms with E-state index in [2.05, 4.69) is 49.4 Å². The Kier molecular flexibility index (Phi) is 2.71. The molecule has 4 rings (SSSR count). The predicted molar refractivity (Wildman–Crippen MR) is 80.8 cm³/mol. The van der Waals surface area contributed by atoms with E-state index >= 15 is 0 Å². The summed E-state index contributed by atoms with van der Waals surface area (Å²) in [6.07, 6.45) is 2.88. The molecule has 0 fully saturated rings.